The summed E-state index contributed by atoms with van der Waals surface area (Å²) in [5.74, 6) is 0.694. The Morgan fingerprint density at radius 1 is 1.03 bits per heavy atom. The van der Waals surface area contributed by atoms with Crippen molar-refractivity contribution in [1.29, 1.82) is 0 Å². The van der Waals surface area contributed by atoms with Crippen LogP contribution in [0.15, 0.2) is 65.8 Å². The topological polar surface area (TPSA) is 80.2 Å². The van der Waals surface area contributed by atoms with Gasteiger partial charge in [-0.15, -0.1) is 0 Å². The number of carbonyl (C=O) groups excluding carboxylic acids is 1. The number of nitrogens with zero attached hydrogens (tertiary/aromatic N) is 4. The molecule has 1 saturated heterocycles. The number of hydrogen-bond donors (Lipinski definition) is 1. The zero-order valence-electron chi connectivity index (χ0n) is 18.4. The van der Waals surface area contributed by atoms with E-state index in [4.69, 9.17) is 14.7 Å². The van der Waals surface area contributed by atoms with Crippen molar-refractivity contribution in [3.05, 3.63) is 66.6 Å². The molecule has 2 aromatic heterocycles. The van der Waals surface area contributed by atoms with Gasteiger partial charge in [0, 0.05) is 30.1 Å². The van der Waals surface area contributed by atoms with Gasteiger partial charge in [0.2, 0.25) is 5.91 Å². The fourth-order valence-electron chi connectivity index (χ4n) is 3.88. The van der Waals surface area contributed by atoms with Crippen LogP contribution in [0.25, 0.3) is 21.8 Å². The maximum Gasteiger partial charge on any atom is 0.237 e. The van der Waals surface area contributed by atoms with Crippen LogP contribution >= 0.6 is 11.8 Å². The predicted octanol–water partition coefficient (Wildman–Crippen LogP) is 4.13. The number of pyridine rings is 1. The Bertz CT molecular complexity index is 1290. The van der Waals surface area contributed by atoms with Gasteiger partial charge in [-0.2, -0.15) is 0 Å². The minimum Gasteiger partial charge on any atom is -0.379 e. The van der Waals surface area contributed by atoms with E-state index in [0.29, 0.717) is 6.54 Å². The number of rotatable bonds is 6. The van der Waals surface area contributed by atoms with Crippen LogP contribution in [0.1, 0.15) is 12.7 Å². The van der Waals surface area contributed by atoms with Gasteiger partial charge >= 0.3 is 0 Å². The second-order valence-electron chi connectivity index (χ2n) is 7.98. The first kappa shape index (κ1) is 21.8. The van der Waals surface area contributed by atoms with E-state index in [0.717, 1.165) is 64.6 Å². The van der Waals surface area contributed by atoms with Crippen LogP contribution in [0.4, 0.5) is 5.69 Å². The number of morpholine rings is 1. The summed E-state index contributed by atoms with van der Waals surface area (Å²) in [6.45, 7) is 5.79. The van der Waals surface area contributed by atoms with Crippen molar-refractivity contribution in [2.75, 3.05) is 31.6 Å². The van der Waals surface area contributed by atoms with Crippen molar-refractivity contribution in [2.45, 2.75) is 23.7 Å². The fourth-order valence-corrected chi connectivity index (χ4v) is 4.84. The predicted molar refractivity (Wildman–Crippen MR) is 131 cm³/mol. The number of carbonyl (C=O) groups is 1. The normalized spacial score (nSPS) is 15.5. The first-order valence-electron chi connectivity index (χ1n) is 11.0. The van der Waals surface area contributed by atoms with Crippen LogP contribution in [0.5, 0.6) is 0 Å². The molecule has 3 heterocycles. The van der Waals surface area contributed by atoms with Crippen LogP contribution < -0.4 is 5.32 Å². The molecule has 168 valence electrons. The number of ether oxygens (including phenoxy) is 1. The molecule has 0 bridgehead atoms. The number of benzene rings is 2. The maximum atomic E-state index is 13.1. The van der Waals surface area contributed by atoms with E-state index in [2.05, 4.69) is 15.2 Å². The number of thioether (sulfide) groups is 1. The van der Waals surface area contributed by atoms with Crippen LogP contribution in [0.3, 0.4) is 0 Å². The van der Waals surface area contributed by atoms with Crippen LogP contribution in [0, 0.1) is 0 Å². The van der Waals surface area contributed by atoms with Crippen molar-refractivity contribution in [2.24, 2.45) is 0 Å². The third-order valence-electron chi connectivity index (χ3n) is 5.64. The molecule has 8 heteroatoms. The van der Waals surface area contributed by atoms with Crippen molar-refractivity contribution in [1.82, 2.24) is 19.9 Å². The van der Waals surface area contributed by atoms with Crippen molar-refractivity contribution < 1.29 is 9.53 Å². The van der Waals surface area contributed by atoms with Crippen molar-refractivity contribution >= 4 is 45.2 Å². The smallest absolute Gasteiger partial charge is 0.237 e. The average Bonchev–Trinajstić information content (AvgIpc) is 2.85. The summed E-state index contributed by atoms with van der Waals surface area (Å²) in [7, 11) is 0. The maximum absolute atomic E-state index is 13.1. The van der Waals surface area contributed by atoms with Crippen LogP contribution in [0.2, 0.25) is 0 Å². The van der Waals surface area contributed by atoms with Crippen molar-refractivity contribution in [3.8, 4) is 0 Å². The Kier molecular flexibility index (Phi) is 6.48. The molecule has 5 rings (SSSR count). The molecule has 1 atom stereocenters. The SMILES string of the molecule is CC(Sc1nc(CN2CCOCC2)nc2ccccc12)C(=O)Nc1cccc2ncccc12. The summed E-state index contributed by atoms with van der Waals surface area (Å²) in [6, 6.07) is 17.5. The van der Waals surface area contributed by atoms with Gasteiger partial charge < -0.3 is 10.1 Å². The standard InChI is InChI=1S/C25H25N5O2S/c1-17(24(31)28-21-10-4-9-20-18(21)7-5-11-26-20)33-25-19-6-2-3-8-22(19)27-23(29-25)16-30-12-14-32-15-13-30/h2-11,17H,12-16H2,1H3,(H,28,31). The number of anilines is 1. The van der Waals surface area contributed by atoms with Gasteiger partial charge in [-0.25, -0.2) is 9.97 Å². The summed E-state index contributed by atoms with van der Waals surface area (Å²) < 4.78 is 5.45. The lowest BCUT2D eigenvalue weighted by Gasteiger charge is -2.26. The Morgan fingerprint density at radius 2 is 1.82 bits per heavy atom. The van der Waals surface area contributed by atoms with E-state index in [1.807, 2.05) is 61.5 Å². The molecule has 1 aliphatic heterocycles. The second-order valence-corrected chi connectivity index (χ2v) is 9.31. The molecule has 0 spiro atoms. The number of amides is 1. The molecule has 0 aliphatic carbocycles. The highest BCUT2D eigenvalue weighted by Crippen LogP contribution is 2.30. The Morgan fingerprint density at radius 3 is 2.70 bits per heavy atom. The lowest BCUT2D eigenvalue weighted by Crippen LogP contribution is -2.36. The van der Waals surface area contributed by atoms with Crippen molar-refractivity contribution in [3.63, 3.8) is 0 Å². The molecule has 33 heavy (non-hydrogen) atoms. The lowest BCUT2D eigenvalue weighted by molar-refractivity contribution is -0.115. The highest BCUT2D eigenvalue weighted by atomic mass is 32.2. The molecule has 1 fully saturated rings. The molecule has 7 nitrogen and oxygen atoms in total. The number of aromatic nitrogens is 3. The molecule has 2 aromatic carbocycles. The fraction of sp³-hybridized carbons (Fsp3) is 0.280. The Labute approximate surface area is 196 Å². The van der Waals surface area contributed by atoms with Gasteiger partial charge in [0.05, 0.1) is 41.7 Å². The first-order chi connectivity index (χ1) is 16.2. The van der Waals surface area contributed by atoms with E-state index >= 15 is 0 Å². The summed E-state index contributed by atoms with van der Waals surface area (Å²) in [6.07, 6.45) is 1.75. The lowest BCUT2D eigenvalue weighted by atomic mass is 10.2. The van der Waals surface area contributed by atoms with Gasteiger partial charge in [-0.1, -0.05) is 36.0 Å². The molecular weight excluding hydrogens is 434 g/mol. The van der Waals surface area contributed by atoms with Gasteiger partial charge in [-0.05, 0) is 37.3 Å². The van der Waals surface area contributed by atoms with Gasteiger partial charge in [0.1, 0.15) is 10.9 Å². The molecule has 1 N–H and O–H groups in total. The number of nitrogens with one attached hydrogen (secondary N) is 1. The Hall–Kier alpha value is -3.07. The highest BCUT2D eigenvalue weighted by Gasteiger charge is 2.20. The summed E-state index contributed by atoms with van der Waals surface area (Å²) >= 11 is 1.46. The third kappa shape index (κ3) is 4.98. The molecule has 1 unspecified atom stereocenters. The van der Waals surface area contributed by atoms with E-state index in [9.17, 15) is 4.79 Å². The van der Waals surface area contributed by atoms with E-state index in [-0.39, 0.29) is 11.2 Å². The van der Waals surface area contributed by atoms with E-state index < -0.39 is 0 Å². The van der Waals surface area contributed by atoms with Crippen LogP contribution in [-0.4, -0.2) is 57.3 Å². The van der Waals surface area contributed by atoms with E-state index in [1.54, 1.807) is 6.20 Å². The van der Waals surface area contributed by atoms with Crippen LogP contribution in [-0.2, 0) is 16.1 Å². The summed E-state index contributed by atoms with van der Waals surface area (Å²) in [4.78, 5) is 29.4. The zero-order chi connectivity index (χ0) is 22.6. The molecule has 0 radical (unpaired) electrons. The van der Waals surface area contributed by atoms with E-state index in [1.165, 1.54) is 11.8 Å². The molecular formula is C25H25N5O2S. The van der Waals surface area contributed by atoms with Gasteiger partial charge in [0.15, 0.2) is 0 Å². The molecule has 1 aliphatic rings. The third-order valence-corrected chi connectivity index (χ3v) is 6.75. The molecule has 0 saturated carbocycles. The average molecular weight is 460 g/mol. The molecule has 1 amide bonds. The van der Waals surface area contributed by atoms with Gasteiger partial charge in [-0.3, -0.25) is 14.7 Å². The first-order valence-corrected chi connectivity index (χ1v) is 11.9. The number of fused-ring (bicyclic) bond motifs is 2. The highest BCUT2D eigenvalue weighted by molar-refractivity contribution is 8.00. The minimum atomic E-state index is -0.341. The largest absolute Gasteiger partial charge is 0.379 e. The second kappa shape index (κ2) is 9.82. The number of para-hydroxylation sites is 1. The van der Waals surface area contributed by atoms with Gasteiger partial charge in [0.25, 0.3) is 0 Å². The molecule has 4 aromatic rings. The quantitative estimate of drug-likeness (QED) is 0.343. The Balaban J connectivity index is 1.37. The summed E-state index contributed by atoms with van der Waals surface area (Å²) in [5.41, 5.74) is 2.51. The monoisotopic (exact) mass is 459 g/mol. The minimum absolute atomic E-state index is 0.0752. The summed E-state index contributed by atoms with van der Waals surface area (Å²) in [5, 5.41) is 5.43. The zero-order valence-corrected chi connectivity index (χ0v) is 19.2. The number of hydrogen-bond acceptors (Lipinski definition) is 7.